The third-order valence-corrected chi connectivity index (χ3v) is 3.98. The largest absolute Gasteiger partial charge is 0.505 e. The van der Waals surface area contributed by atoms with E-state index in [2.05, 4.69) is 15.8 Å². The Morgan fingerprint density at radius 3 is 2.38 bits per heavy atom. The smallest absolute Gasteiger partial charge is 0.277 e. The van der Waals surface area contributed by atoms with E-state index in [1.807, 2.05) is 6.92 Å². The number of methoxy groups -OCH3 is 2. The molecule has 8 nitrogen and oxygen atoms in total. The van der Waals surface area contributed by atoms with Crippen LogP contribution in [0.1, 0.15) is 25.5 Å². The number of H-pyrrole nitrogens is 1. The number of carbonyl (C=O) groups excluding carboxylic acids is 1. The summed E-state index contributed by atoms with van der Waals surface area (Å²) >= 11 is 0. The molecule has 1 heterocycles. The lowest BCUT2D eigenvalue weighted by molar-refractivity contribution is -0.109. The number of hydrazine groups is 1. The van der Waals surface area contributed by atoms with Gasteiger partial charge >= 0.3 is 0 Å². The topological polar surface area (TPSA) is 113 Å². The number of aromatic hydroxyl groups is 1. The number of pyridine rings is 1. The molecule has 0 fully saturated rings. The quantitative estimate of drug-likeness (QED) is 0.402. The molecule has 0 saturated heterocycles. The first-order chi connectivity index (χ1) is 12.6. The number of hydrogen-bond donors (Lipinski definition) is 4. The summed E-state index contributed by atoms with van der Waals surface area (Å²) in [5.41, 5.74) is 5.34. The van der Waals surface area contributed by atoms with E-state index < -0.39 is 5.56 Å². The van der Waals surface area contributed by atoms with Crippen molar-refractivity contribution in [2.75, 3.05) is 19.6 Å². The second-order valence-electron chi connectivity index (χ2n) is 5.56. The molecule has 4 N–H and O–H groups in total. The van der Waals surface area contributed by atoms with Gasteiger partial charge in [0.25, 0.3) is 5.56 Å². The number of aryl methyl sites for hydroxylation is 1. The molecule has 0 radical (unpaired) electrons. The minimum Gasteiger partial charge on any atom is -0.505 e. The molecule has 0 spiro atoms. The number of hydrogen-bond acceptors (Lipinski definition) is 6. The van der Waals surface area contributed by atoms with E-state index in [9.17, 15) is 14.7 Å². The lowest BCUT2D eigenvalue weighted by atomic mass is 9.97. The Labute approximate surface area is 151 Å². The highest BCUT2D eigenvalue weighted by atomic mass is 16.5. The number of anilines is 1. The zero-order chi connectivity index (χ0) is 19.1. The van der Waals surface area contributed by atoms with E-state index in [4.69, 9.17) is 9.47 Å². The predicted molar refractivity (Wildman–Crippen MR) is 98.7 cm³/mol. The van der Waals surface area contributed by atoms with Crippen LogP contribution in [0, 0.1) is 0 Å². The monoisotopic (exact) mass is 361 g/mol. The molecule has 0 unspecified atom stereocenters. The van der Waals surface area contributed by atoms with Crippen LogP contribution in [0.15, 0.2) is 23.0 Å². The average Bonchev–Trinajstić information content (AvgIpc) is 2.65. The lowest BCUT2D eigenvalue weighted by Crippen LogP contribution is -2.26. The first kappa shape index (κ1) is 19.2. The number of rotatable bonds is 9. The summed E-state index contributed by atoms with van der Waals surface area (Å²) in [5, 5.41) is 10.8. The molecule has 0 aliphatic rings. The average molecular weight is 361 g/mol. The Kier molecular flexibility index (Phi) is 6.48. The van der Waals surface area contributed by atoms with Crippen LogP contribution in [-0.4, -0.2) is 30.7 Å². The number of unbranched alkanes of at least 4 members (excludes halogenated alkanes) is 1. The number of aromatic nitrogens is 1. The van der Waals surface area contributed by atoms with Crippen LogP contribution in [0.3, 0.4) is 0 Å². The fourth-order valence-electron chi connectivity index (χ4n) is 2.76. The number of amides is 1. The van der Waals surface area contributed by atoms with Crippen LogP contribution in [0.25, 0.3) is 11.1 Å². The van der Waals surface area contributed by atoms with Crippen molar-refractivity contribution in [1.82, 2.24) is 10.4 Å². The number of ether oxygens (including phenoxy) is 2. The van der Waals surface area contributed by atoms with Crippen molar-refractivity contribution < 1.29 is 19.4 Å². The summed E-state index contributed by atoms with van der Waals surface area (Å²) in [6.45, 7) is 2.03. The summed E-state index contributed by atoms with van der Waals surface area (Å²) in [6.07, 6.45) is 2.65. The number of nitrogens with one attached hydrogen (secondary N) is 3. The van der Waals surface area contributed by atoms with Crippen LogP contribution in [0.4, 0.5) is 5.69 Å². The Bertz CT molecular complexity index is 810. The van der Waals surface area contributed by atoms with E-state index in [0.717, 1.165) is 12.8 Å². The molecule has 0 aliphatic carbocycles. The van der Waals surface area contributed by atoms with Gasteiger partial charge in [0.2, 0.25) is 6.41 Å². The fourth-order valence-corrected chi connectivity index (χ4v) is 2.76. The maximum absolute atomic E-state index is 12.3. The fraction of sp³-hybridized carbons (Fsp3) is 0.333. The van der Waals surface area contributed by atoms with Crippen LogP contribution >= 0.6 is 0 Å². The van der Waals surface area contributed by atoms with E-state index in [0.29, 0.717) is 41.2 Å². The Hall–Kier alpha value is -3.16. The molecule has 0 aliphatic heterocycles. The van der Waals surface area contributed by atoms with Gasteiger partial charge in [-0.25, -0.2) is 0 Å². The van der Waals surface area contributed by atoms with Crippen LogP contribution in [0.5, 0.6) is 17.2 Å². The molecule has 1 aromatic heterocycles. The van der Waals surface area contributed by atoms with Crippen LogP contribution in [0.2, 0.25) is 0 Å². The molecular weight excluding hydrogens is 338 g/mol. The van der Waals surface area contributed by atoms with Crippen molar-refractivity contribution in [3.05, 3.63) is 34.2 Å². The van der Waals surface area contributed by atoms with Gasteiger partial charge in [0.15, 0.2) is 11.4 Å². The van der Waals surface area contributed by atoms with Gasteiger partial charge in [-0.3, -0.25) is 20.4 Å². The Balaban J connectivity index is 2.80. The predicted octanol–water partition coefficient (Wildman–Crippen LogP) is 2.18. The summed E-state index contributed by atoms with van der Waals surface area (Å²) in [7, 11) is 3.03. The van der Waals surface area contributed by atoms with Gasteiger partial charge in [0.05, 0.1) is 25.3 Å². The minimum atomic E-state index is -0.541. The van der Waals surface area contributed by atoms with Gasteiger partial charge < -0.3 is 19.6 Å². The van der Waals surface area contributed by atoms with E-state index in [1.54, 1.807) is 18.2 Å². The Morgan fingerprint density at radius 1 is 1.19 bits per heavy atom. The van der Waals surface area contributed by atoms with E-state index >= 15 is 0 Å². The molecule has 0 bridgehead atoms. The molecule has 26 heavy (non-hydrogen) atoms. The molecule has 140 valence electrons. The zero-order valence-corrected chi connectivity index (χ0v) is 15.0. The van der Waals surface area contributed by atoms with Crippen LogP contribution < -0.4 is 25.9 Å². The van der Waals surface area contributed by atoms with Gasteiger partial charge in [0.1, 0.15) is 11.5 Å². The summed E-state index contributed by atoms with van der Waals surface area (Å²) < 4.78 is 10.9. The number of aromatic amines is 1. The molecule has 1 aromatic carbocycles. The maximum atomic E-state index is 12.3. The summed E-state index contributed by atoms with van der Waals surface area (Å²) in [4.78, 5) is 25.7. The first-order valence-corrected chi connectivity index (χ1v) is 8.23. The molecule has 8 heteroatoms. The Morgan fingerprint density at radius 2 is 1.85 bits per heavy atom. The van der Waals surface area contributed by atoms with Crippen molar-refractivity contribution in [2.45, 2.75) is 26.2 Å². The minimum absolute atomic E-state index is 0.166. The highest BCUT2D eigenvalue weighted by Gasteiger charge is 2.24. The molecular formula is C18H23N3O5. The van der Waals surface area contributed by atoms with E-state index in [1.165, 1.54) is 14.2 Å². The molecule has 1 amide bonds. The lowest BCUT2D eigenvalue weighted by Gasteiger charge is -2.19. The van der Waals surface area contributed by atoms with Crippen molar-refractivity contribution in [1.29, 1.82) is 0 Å². The highest BCUT2D eigenvalue weighted by molar-refractivity contribution is 5.86. The maximum Gasteiger partial charge on any atom is 0.277 e. The van der Waals surface area contributed by atoms with Crippen molar-refractivity contribution >= 4 is 12.1 Å². The highest BCUT2D eigenvalue weighted by Crippen LogP contribution is 2.45. The van der Waals surface area contributed by atoms with Gasteiger partial charge in [-0.05, 0) is 25.0 Å². The van der Waals surface area contributed by atoms with Gasteiger partial charge in [0, 0.05) is 5.69 Å². The van der Waals surface area contributed by atoms with Crippen LogP contribution in [-0.2, 0) is 11.2 Å². The number of carbonyl (C=O) groups is 1. The van der Waals surface area contributed by atoms with Gasteiger partial charge in [-0.1, -0.05) is 19.4 Å². The summed E-state index contributed by atoms with van der Waals surface area (Å²) in [6, 6.07) is 5.24. The second-order valence-corrected chi connectivity index (χ2v) is 5.56. The first-order valence-electron chi connectivity index (χ1n) is 8.23. The van der Waals surface area contributed by atoms with Gasteiger partial charge in [-0.15, -0.1) is 0 Å². The standard InChI is InChI=1S/C18H23N3O5/c1-4-5-7-11-14(15-12(25-2)8-6-9-13(15)26-3)17(23)16(18(24)20-11)21-19-10-22/h6,8-10,21H,4-5,7H2,1-3H3,(H,19,22)(H2,20,23,24). The molecule has 2 aromatic rings. The SMILES string of the molecule is CCCCc1[nH]c(=O)c(NNC=O)c(O)c1-c1c(OC)cccc1OC. The van der Waals surface area contributed by atoms with E-state index in [-0.39, 0.29) is 11.4 Å². The van der Waals surface area contributed by atoms with Crippen molar-refractivity contribution in [2.24, 2.45) is 0 Å². The molecule has 0 atom stereocenters. The van der Waals surface area contributed by atoms with Crippen molar-refractivity contribution in [3.63, 3.8) is 0 Å². The summed E-state index contributed by atoms with van der Waals surface area (Å²) in [5.74, 6) is 0.675. The normalized spacial score (nSPS) is 10.3. The van der Waals surface area contributed by atoms with Gasteiger partial charge in [-0.2, -0.15) is 0 Å². The molecule has 2 rings (SSSR count). The third kappa shape index (κ3) is 3.74. The zero-order valence-electron chi connectivity index (χ0n) is 15.0. The van der Waals surface area contributed by atoms with Crippen molar-refractivity contribution in [3.8, 4) is 28.4 Å². The second kappa shape index (κ2) is 8.80. The third-order valence-electron chi connectivity index (χ3n) is 3.98. The number of benzene rings is 1. The molecule has 0 saturated carbocycles.